The van der Waals surface area contributed by atoms with Crippen LogP contribution in [0.2, 0.25) is 0 Å². The van der Waals surface area contributed by atoms with E-state index in [1.54, 1.807) is 11.3 Å². The second-order valence-corrected chi connectivity index (χ2v) is 9.26. The maximum Gasteiger partial charge on any atom is 0.272 e. The van der Waals surface area contributed by atoms with E-state index in [2.05, 4.69) is 16.0 Å². The van der Waals surface area contributed by atoms with Crippen LogP contribution in [0, 0.1) is 0 Å². The highest BCUT2D eigenvalue weighted by Gasteiger charge is 2.16. The highest BCUT2D eigenvalue weighted by Crippen LogP contribution is 2.26. The SMILES string of the molecule is Cn1c(C(=O)Nc2ccccc2CNc2ccc(OC3CCNCC3)cc2)cc2sccc21. The first-order chi connectivity index (χ1) is 16.2. The summed E-state index contributed by atoms with van der Waals surface area (Å²) in [6.07, 6.45) is 2.38. The van der Waals surface area contributed by atoms with Crippen molar-refractivity contribution in [3.05, 3.63) is 77.3 Å². The smallest absolute Gasteiger partial charge is 0.272 e. The van der Waals surface area contributed by atoms with Crippen LogP contribution in [0.15, 0.2) is 66.0 Å². The van der Waals surface area contributed by atoms with E-state index in [4.69, 9.17) is 4.74 Å². The second-order valence-electron chi connectivity index (χ2n) is 8.32. The van der Waals surface area contributed by atoms with Gasteiger partial charge in [0, 0.05) is 25.0 Å². The van der Waals surface area contributed by atoms with E-state index in [1.807, 2.05) is 77.7 Å². The number of hydrogen-bond donors (Lipinski definition) is 3. The molecule has 3 N–H and O–H groups in total. The summed E-state index contributed by atoms with van der Waals surface area (Å²) < 4.78 is 9.14. The molecule has 6 nitrogen and oxygen atoms in total. The molecular weight excluding hydrogens is 432 g/mol. The number of benzene rings is 2. The van der Waals surface area contributed by atoms with Crippen LogP contribution in [0.4, 0.5) is 11.4 Å². The van der Waals surface area contributed by atoms with Crippen LogP contribution in [-0.4, -0.2) is 29.7 Å². The number of piperidine rings is 1. The molecule has 1 amide bonds. The molecule has 170 valence electrons. The number of anilines is 2. The van der Waals surface area contributed by atoms with Gasteiger partial charge in [-0.1, -0.05) is 18.2 Å². The fraction of sp³-hybridized carbons (Fsp3) is 0.269. The number of fused-ring (bicyclic) bond motifs is 1. The number of amides is 1. The molecule has 0 saturated carbocycles. The standard InChI is InChI=1S/C26H28N4O2S/c1-30-23-12-15-33-25(23)16-24(30)26(31)29-22-5-3-2-4-18(22)17-28-19-6-8-20(9-7-19)32-21-10-13-27-14-11-21/h2-9,12,15-16,21,27-28H,10-11,13-14,17H2,1H3,(H,29,31). The number of hydrogen-bond acceptors (Lipinski definition) is 5. The number of carbonyl (C=O) groups excluding carboxylic acids is 1. The molecule has 0 spiro atoms. The third kappa shape index (κ3) is 4.89. The largest absolute Gasteiger partial charge is 0.490 e. The van der Waals surface area contributed by atoms with Crippen LogP contribution >= 0.6 is 11.3 Å². The van der Waals surface area contributed by atoms with Gasteiger partial charge in [-0.2, -0.15) is 0 Å². The van der Waals surface area contributed by atoms with Crippen molar-refractivity contribution in [3.63, 3.8) is 0 Å². The van der Waals surface area contributed by atoms with E-state index in [0.29, 0.717) is 18.3 Å². The van der Waals surface area contributed by atoms with Gasteiger partial charge in [-0.3, -0.25) is 4.79 Å². The first-order valence-electron chi connectivity index (χ1n) is 11.3. The van der Waals surface area contributed by atoms with Crippen molar-refractivity contribution in [3.8, 4) is 5.75 Å². The lowest BCUT2D eigenvalue weighted by Gasteiger charge is -2.23. The third-order valence-corrected chi connectivity index (χ3v) is 6.94. The van der Waals surface area contributed by atoms with Crippen molar-refractivity contribution in [2.45, 2.75) is 25.5 Å². The van der Waals surface area contributed by atoms with Gasteiger partial charge in [0.25, 0.3) is 5.91 Å². The average molecular weight is 461 g/mol. The van der Waals surface area contributed by atoms with Crippen LogP contribution in [0.5, 0.6) is 5.75 Å². The van der Waals surface area contributed by atoms with Gasteiger partial charge in [0.1, 0.15) is 17.5 Å². The molecule has 0 radical (unpaired) electrons. The number of aryl methyl sites for hydroxylation is 1. The zero-order chi connectivity index (χ0) is 22.6. The molecule has 0 aliphatic carbocycles. The predicted molar refractivity (Wildman–Crippen MR) is 135 cm³/mol. The van der Waals surface area contributed by atoms with Crippen molar-refractivity contribution in [1.29, 1.82) is 0 Å². The summed E-state index contributed by atoms with van der Waals surface area (Å²) in [7, 11) is 1.93. The molecule has 0 atom stereocenters. The summed E-state index contributed by atoms with van der Waals surface area (Å²) in [6, 6.07) is 20.0. The number of nitrogens with one attached hydrogen (secondary N) is 3. The molecule has 4 aromatic rings. The third-order valence-electron chi connectivity index (χ3n) is 6.09. The highest BCUT2D eigenvalue weighted by atomic mass is 32.1. The van der Waals surface area contributed by atoms with Crippen molar-refractivity contribution in [2.24, 2.45) is 7.05 Å². The van der Waals surface area contributed by atoms with E-state index in [9.17, 15) is 4.79 Å². The molecule has 2 aromatic carbocycles. The second kappa shape index (κ2) is 9.68. The topological polar surface area (TPSA) is 67.3 Å². The first kappa shape index (κ1) is 21.6. The van der Waals surface area contributed by atoms with E-state index in [0.717, 1.165) is 58.8 Å². The lowest BCUT2D eigenvalue weighted by atomic mass is 10.1. The minimum Gasteiger partial charge on any atom is -0.490 e. The van der Waals surface area contributed by atoms with Crippen molar-refractivity contribution < 1.29 is 9.53 Å². The Balaban J connectivity index is 1.22. The van der Waals surface area contributed by atoms with Crippen molar-refractivity contribution in [2.75, 3.05) is 23.7 Å². The molecule has 3 heterocycles. The molecule has 7 heteroatoms. The molecule has 33 heavy (non-hydrogen) atoms. The van der Waals surface area contributed by atoms with Gasteiger partial charge in [0.15, 0.2) is 0 Å². The maximum atomic E-state index is 13.0. The van der Waals surface area contributed by atoms with Gasteiger partial charge < -0.3 is 25.3 Å². The Morgan fingerprint density at radius 3 is 2.70 bits per heavy atom. The number of nitrogens with zero attached hydrogens (tertiary/aromatic N) is 1. The van der Waals surface area contributed by atoms with E-state index < -0.39 is 0 Å². The molecule has 1 aliphatic heterocycles. The van der Waals surface area contributed by atoms with Crippen LogP contribution in [0.25, 0.3) is 10.2 Å². The molecule has 5 rings (SSSR count). The van der Waals surface area contributed by atoms with E-state index in [-0.39, 0.29) is 5.91 Å². The van der Waals surface area contributed by atoms with Gasteiger partial charge in [0.2, 0.25) is 0 Å². The normalized spacial score (nSPS) is 14.3. The quantitative estimate of drug-likeness (QED) is 0.353. The van der Waals surface area contributed by atoms with Gasteiger partial charge in [-0.15, -0.1) is 11.3 Å². The Morgan fingerprint density at radius 1 is 1.12 bits per heavy atom. The van der Waals surface area contributed by atoms with Crippen molar-refractivity contribution in [1.82, 2.24) is 9.88 Å². The Morgan fingerprint density at radius 2 is 1.91 bits per heavy atom. The molecule has 0 unspecified atom stereocenters. The maximum absolute atomic E-state index is 13.0. The number of rotatable bonds is 7. The molecule has 0 bridgehead atoms. The Hall–Kier alpha value is -3.29. The van der Waals surface area contributed by atoms with Crippen LogP contribution in [0.1, 0.15) is 28.9 Å². The van der Waals surface area contributed by atoms with Gasteiger partial charge in [-0.05, 0) is 79.3 Å². The minimum absolute atomic E-state index is 0.104. The highest BCUT2D eigenvalue weighted by molar-refractivity contribution is 7.17. The first-order valence-corrected chi connectivity index (χ1v) is 12.2. The predicted octanol–water partition coefficient (Wildman–Crippen LogP) is 5.24. The minimum atomic E-state index is -0.104. The molecule has 1 fully saturated rings. The summed E-state index contributed by atoms with van der Waals surface area (Å²) in [5.41, 5.74) is 4.58. The van der Waals surface area contributed by atoms with Gasteiger partial charge in [-0.25, -0.2) is 0 Å². The number of thiophene rings is 1. The lowest BCUT2D eigenvalue weighted by Crippen LogP contribution is -2.34. The van der Waals surface area contributed by atoms with Crippen molar-refractivity contribution >= 4 is 38.8 Å². The summed E-state index contributed by atoms with van der Waals surface area (Å²) >= 11 is 1.64. The molecular formula is C26H28N4O2S. The summed E-state index contributed by atoms with van der Waals surface area (Å²) in [5.74, 6) is 0.801. The zero-order valence-corrected chi connectivity index (χ0v) is 19.5. The fourth-order valence-corrected chi connectivity index (χ4v) is 5.05. The lowest BCUT2D eigenvalue weighted by molar-refractivity contribution is 0.101. The Bertz CT molecular complexity index is 1240. The summed E-state index contributed by atoms with van der Waals surface area (Å²) in [5, 5.41) is 11.9. The number of carbonyl (C=O) groups is 1. The summed E-state index contributed by atoms with van der Waals surface area (Å²) in [6.45, 7) is 2.64. The molecule has 1 aliphatic rings. The zero-order valence-electron chi connectivity index (χ0n) is 18.6. The van der Waals surface area contributed by atoms with Crippen LogP contribution in [-0.2, 0) is 13.6 Å². The number of aromatic nitrogens is 1. The fourth-order valence-electron chi connectivity index (χ4n) is 4.21. The molecule has 2 aromatic heterocycles. The van der Waals surface area contributed by atoms with Crippen LogP contribution < -0.4 is 20.7 Å². The monoisotopic (exact) mass is 460 g/mol. The average Bonchev–Trinajstić information content (AvgIpc) is 3.43. The number of ether oxygens (including phenoxy) is 1. The Kier molecular flexibility index (Phi) is 6.32. The molecule has 1 saturated heterocycles. The van der Waals surface area contributed by atoms with Gasteiger partial charge >= 0.3 is 0 Å². The number of para-hydroxylation sites is 1. The Labute approximate surface area is 197 Å². The van der Waals surface area contributed by atoms with Gasteiger partial charge in [0.05, 0.1) is 10.2 Å². The van der Waals surface area contributed by atoms with E-state index >= 15 is 0 Å². The van der Waals surface area contributed by atoms with Crippen LogP contribution in [0.3, 0.4) is 0 Å². The van der Waals surface area contributed by atoms with E-state index in [1.165, 1.54) is 0 Å². The summed E-state index contributed by atoms with van der Waals surface area (Å²) in [4.78, 5) is 13.0.